The molecule has 0 aliphatic carbocycles. The molecule has 1 atom stereocenters. The van der Waals surface area contributed by atoms with Crippen molar-refractivity contribution in [2.75, 3.05) is 0 Å². The Hall–Kier alpha value is -2.68. The van der Waals surface area contributed by atoms with Crippen molar-refractivity contribution in [2.24, 2.45) is 5.10 Å². The Labute approximate surface area is 153 Å². The molecule has 0 bridgehead atoms. The van der Waals surface area contributed by atoms with E-state index in [-0.39, 0.29) is 16.3 Å². The third-order valence-corrected chi connectivity index (χ3v) is 4.41. The number of hydrogen-bond donors (Lipinski definition) is 1. The zero-order chi connectivity index (χ0) is 20.0. The summed E-state index contributed by atoms with van der Waals surface area (Å²) in [7, 11) is 0. The highest BCUT2D eigenvalue weighted by atomic mass is 19.4. The van der Waals surface area contributed by atoms with Gasteiger partial charge < -0.3 is 5.11 Å². The molecule has 1 aliphatic heterocycles. The van der Waals surface area contributed by atoms with Gasteiger partial charge in [0.15, 0.2) is 0 Å². The standard InChI is InChI=1S/C18H19F3N4O2/c1-11-8-13(3)24(22-11)10-14-4-6-15(7-5-14)16(26)25-17(27,18(19,20)21)9-12(2)23-25/h4-8,27H,9-10H2,1-3H3. The number of aliphatic hydroxyl groups is 1. The Bertz CT molecular complexity index is 902. The second-order valence-electron chi connectivity index (χ2n) is 6.73. The number of alkyl halides is 3. The molecule has 1 aromatic heterocycles. The molecule has 1 aliphatic rings. The lowest BCUT2D eigenvalue weighted by molar-refractivity contribution is -0.297. The number of carbonyl (C=O) groups excluding carboxylic acids is 1. The van der Waals surface area contributed by atoms with E-state index in [4.69, 9.17) is 0 Å². The SMILES string of the molecule is CC1=NN(C(=O)c2ccc(Cn3nc(C)cc3C)cc2)C(O)(C(F)(F)F)C1. The van der Waals surface area contributed by atoms with Gasteiger partial charge in [0.05, 0.1) is 12.2 Å². The fourth-order valence-corrected chi connectivity index (χ4v) is 3.04. The molecule has 1 amide bonds. The summed E-state index contributed by atoms with van der Waals surface area (Å²) in [6.07, 6.45) is -5.78. The lowest BCUT2D eigenvalue weighted by Crippen LogP contribution is -2.56. The largest absolute Gasteiger partial charge is 0.438 e. The van der Waals surface area contributed by atoms with Crippen LogP contribution in [0.25, 0.3) is 0 Å². The smallest absolute Gasteiger partial charge is 0.362 e. The number of rotatable bonds is 3. The van der Waals surface area contributed by atoms with Gasteiger partial charge in [0.25, 0.3) is 11.6 Å². The van der Waals surface area contributed by atoms with Crippen LogP contribution in [0, 0.1) is 13.8 Å². The number of nitrogens with zero attached hydrogens (tertiary/aromatic N) is 4. The van der Waals surface area contributed by atoms with E-state index in [0.29, 0.717) is 6.54 Å². The van der Waals surface area contributed by atoms with E-state index in [0.717, 1.165) is 17.0 Å². The third kappa shape index (κ3) is 3.46. The maximum Gasteiger partial charge on any atom is 0.438 e. The molecule has 0 fully saturated rings. The predicted molar refractivity (Wildman–Crippen MR) is 92.1 cm³/mol. The van der Waals surface area contributed by atoms with Crippen LogP contribution >= 0.6 is 0 Å². The van der Waals surface area contributed by atoms with E-state index in [1.807, 2.05) is 19.9 Å². The van der Waals surface area contributed by atoms with E-state index in [1.54, 1.807) is 16.8 Å². The van der Waals surface area contributed by atoms with E-state index in [9.17, 15) is 23.1 Å². The van der Waals surface area contributed by atoms with Crippen LogP contribution in [0.15, 0.2) is 35.4 Å². The minimum Gasteiger partial charge on any atom is -0.362 e. The maximum absolute atomic E-state index is 13.3. The average Bonchev–Trinajstić information content (AvgIpc) is 3.06. The first-order valence-corrected chi connectivity index (χ1v) is 8.29. The first-order valence-electron chi connectivity index (χ1n) is 8.29. The zero-order valence-electron chi connectivity index (χ0n) is 15.1. The summed E-state index contributed by atoms with van der Waals surface area (Å²) in [5.41, 5.74) is -0.587. The minimum absolute atomic E-state index is 0.00763. The average molecular weight is 380 g/mol. The Kier molecular flexibility index (Phi) is 4.59. The Morgan fingerprint density at radius 1 is 1.22 bits per heavy atom. The number of hydrogen-bond acceptors (Lipinski definition) is 4. The summed E-state index contributed by atoms with van der Waals surface area (Å²) in [6.45, 7) is 5.61. The number of benzene rings is 1. The molecule has 144 valence electrons. The second kappa shape index (κ2) is 6.49. The van der Waals surface area contributed by atoms with Crippen molar-refractivity contribution in [3.63, 3.8) is 0 Å². The molecule has 1 N–H and O–H groups in total. The molecule has 0 spiro atoms. The highest BCUT2D eigenvalue weighted by molar-refractivity contribution is 5.97. The van der Waals surface area contributed by atoms with Gasteiger partial charge in [0.1, 0.15) is 0 Å². The highest BCUT2D eigenvalue weighted by Gasteiger charge is 2.62. The zero-order valence-corrected chi connectivity index (χ0v) is 15.1. The lowest BCUT2D eigenvalue weighted by Gasteiger charge is -2.32. The van der Waals surface area contributed by atoms with Gasteiger partial charge in [-0.3, -0.25) is 9.48 Å². The second-order valence-corrected chi connectivity index (χ2v) is 6.73. The molecule has 0 saturated carbocycles. The van der Waals surface area contributed by atoms with Gasteiger partial charge in [-0.15, -0.1) is 0 Å². The van der Waals surface area contributed by atoms with Gasteiger partial charge in [-0.05, 0) is 44.5 Å². The van der Waals surface area contributed by atoms with Gasteiger partial charge >= 0.3 is 6.18 Å². The minimum atomic E-state index is -5.01. The summed E-state index contributed by atoms with van der Waals surface area (Å²) in [4.78, 5) is 12.5. The Balaban J connectivity index is 1.82. The summed E-state index contributed by atoms with van der Waals surface area (Å²) in [5, 5.41) is 18.1. The van der Waals surface area contributed by atoms with Crippen LogP contribution in [0.3, 0.4) is 0 Å². The fraction of sp³-hybridized carbons (Fsp3) is 0.389. The topological polar surface area (TPSA) is 70.7 Å². The monoisotopic (exact) mass is 380 g/mol. The molecule has 6 nitrogen and oxygen atoms in total. The molecule has 1 aromatic carbocycles. The van der Waals surface area contributed by atoms with E-state index >= 15 is 0 Å². The number of aryl methyl sites for hydroxylation is 2. The predicted octanol–water partition coefficient (Wildman–Crippen LogP) is 3.02. The molecule has 0 radical (unpaired) electrons. The van der Waals surface area contributed by atoms with Crippen LogP contribution in [-0.4, -0.2) is 43.4 Å². The summed E-state index contributed by atoms with van der Waals surface area (Å²) >= 11 is 0. The summed E-state index contributed by atoms with van der Waals surface area (Å²) < 4.78 is 41.6. The van der Waals surface area contributed by atoms with Gasteiger partial charge in [-0.2, -0.15) is 28.4 Å². The van der Waals surface area contributed by atoms with Crippen molar-refractivity contribution in [3.8, 4) is 0 Å². The molecular weight excluding hydrogens is 361 g/mol. The summed E-state index contributed by atoms with van der Waals surface area (Å²) in [5.74, 6) is -1.01. The van der Waals surface area contributed by atoms with Crippen molar-refractivity contribution in [2.45, 2.75) is 45.6 Å². The number of aromatic nitrogens is 2. The van der Waals surface area contributed by atoms with Crippen LogP contribution < -0.4 is 0 Å². The van der Waals surface area contributed by atoms with Gasteiger partial charge in [-0.25, -0.2) is 0 Å². The Morgan fingerprint density at radius 2 is 1.85 bits per heavy atom. The van der Waals surface area contributed by atoms with Gasteiger partial charge in [0.2, 0.25) is 0 Å². The highest BCUT2D eigenvalue weighted by Crippen LogP contribution is 2.40. The van der Waals surface area contributed by atoms with Crippen LogP contribution in [0.4, 0.5) is 13.2 Å². The molecule has 2 heterocycles. The van der Waals surface area contributed by atoms with E-state index in [1.165, 1.54) is 19.1 Å². The normalized spacial score (nSPS) is 20.1. The van der Waals surface area contributed by atoms with Crippen molar-refractivity contribution in [1.29, 1.82) is 0 Å². The van der Waals surface area contributed by atoms with Crippen LogP contribution in [0.2, 0.25) is 0 Å². The van der Waals surface area contributed by atoms with Gasteiger partial charge in [0, 0.05) is 23.4 Å². The first-order chi connectivity index (χ1) is 12.5. The number of hydrazone groups is 1. The van der Waals surface area contributed by atoms with E-state index < -0.39 is 24.2 Å². The van der Waals surface area contributed by atoms with Crippen molar-refractivity contribution < 1.29 is 23.1 Å². The van der Waals surface area contributed by atoms with Crippen LogP contribution in [-0.2, 0) is 6.54 Å². The number of amides is 1. The lowest BCUT2D eigenvalue weighted by atomic mass is 10.1. The van der Waals surface area contributed by atoms with E-state index in [2.05, 4.69) is 10.2 Å². The Morgan fingerprint density at radius 3 is 2.37 bits per heavy atom. The molecule has 9 heteroatoms. The van der Waals surface area contributed by atoms with Crippen molar-refractivity contribution >= 4 is 11.6 Å². The molecule has 2 aromatic rings. The molecule has 1 unspecified atom stereocenters. The van der Waals surface area contributed by atoms with Gasteiger partial charge in [-0.1, -0.05) is 12.1 Å². The third-order valence-electron chi connectivity index (χ3n) is 4.41. The quantitative estimate of drug-likeness (QED) is 0.890. The maximum atomic E-state index is 13.3. The van der Waals surface area contributed by atoms with Crippen LogP contribution in [0.5, 0.6) is 0 Å². The first kappa shape index (κ1) is 19.1. The van der Waals surface area contributed by atoms with Crippen molar-refractivity contribution in [3.05, 3.63) is 52.8 Å². The summed E-state index contributed by atoms with van der Waals surface area (Å²) in [6, 6.07) is 8.06. The number of carbonyl (C=O) groups is 1. The molecule has 0 saturated heterocycles. The van der Waals surface area contributed by atoms with Crippen molar-refractivity contribution in [1.82, 2.24) is 14.8 Å². The number of halogens is 3. The van der Waals surface area contributed by atoms with Crippen LogP contribution in [0.1, 0.15) is 40.7 Å². The molecule has 3 rings (SSSR count). The molecular formula is C18H19F3N4O2. The fourth-order valence-electron chi connectivity index (χ4n) is 3.04. The molecule has 27 heavy (non-hydrogen) atoms.